The molecule has 192 valence electrons. The van der Waals surface area contributed by atoms with Crippen LogP contribution in [0.25, 0.3) is 10.6 Å². The fourth-order valence-electron chi connectivity index (χ4n) is 3.56. The Balaban J connectivity index is 1.58. The smallest absolute Gasteiger partial charge is 0.325 e. The van der Waals surface area contributed by atoms with Crippen LogP contribution >= 0.6 is 11.3 Å². The van der Waals surface area contributed by atoms with Crippen LogP contribution in [-0.4, -0.2) is 42.0 Å². The molecule has 0 saturated heterocycles. The van der Waals surface area contributed by atoms with Crippen molar-refractivity contribution in [2.24, 2.45) is 0 Å². The van der Waals surface area contributed by atoms with Crippen molar-refractivity contribution in [1.82, 2.24) is 19.7 Å². The van der Waals surface area contributed by atoms with E-state index >= 15 is 0 Å². The van der Waals surface area contributed by atoms with Crippen molar-refractivity contribution in [3.63, 3.8) is 0 Å². The number of carbonyl (C=O) groups is 1. The highest BCUT2D eigenvalue weighted by molar-refractivity contribution is 7.89. The van der Waals surface area contributed by atoms with Crippen LogP contribution in [0.1, 0.15) is 31.1 Å². The van der Waals surface area contributed by atoms with Gasteiger partial charge in [-0.1, -0.05) is 36.4 Å². The number of nitrogens with zero attached hydrogens (tertiary/aromatic N) is 3. The minimum Gasteiger partial charge on any atom is -0.462 e. The van der Waals surface area contributed by atoms with E-state index in [2.05, 4.69) is 25.0 Å². The molecule has 0 radical (unpaired) electrons. The maximum atomic E-state index is 13.1. The fraction of sp³-hybridized carbons (Fsp3) is 0.231. The monoisotopic (exact) mass is 537 g/mol. The number of nitrogens with one attached hydrogen (secondary N) is 2. The van der Waals surface area contributed by atoms with Crippen LogP contribution in [0, 0.1) is 0 Å². The first kappa shape index (κ1) is 26.4. The Labute approximate surface area is 220 Å². The molecule has 4 rings (SSSR count). The molecule has 0 fully saturated rings. The van der Waals surface area contributed by atoms with Gasteiger partial charge in [-0.05, 0) is 50.1 Å². The first-order chi connectivity index (χ1) is 17.8. The Morgan fingerprint density at radius 2 is 1.81 bits per heavy atom. The van der Waals surface area contributed by atoms with Crippen molar-refractivity contribution < 1.29 is 17.9 Å². The zero-order chi connectivity index (χ0) is 26.3. The van der Waals surface area contributed by atoms with Gasteiger partial charge in [-0.2, -0.15) is 0 Å². The highest BCUT2D eigenvalue weighted by Gasteiger charge is 2.24. The van der Waals surface area contributed by atoms with Crippen molar-refractivity contribution in [1.29, 1.82) is 0 Å². The molecule has 1 aromatic carbocycles. The SMILES string of the molecule is CC(C)OC(=O)CNc1cccc(C(Cc2ccc(-c3nccs3)cc2)NS(=O)(=O)c2ccccn2)n1. The van der Waals surface area contributed by atoms with Crippen LogP contribution in [0.3, 0.4) is 0 Å². The number of benzene rings is 1. The maximum Gasteiger partial charge on any atom is 0.325 e. The molecule has 0 aliphatic heterocycles. The number of esters is 1. The standard InChI is InChI=1S/C26H27N5O4S2/c1-18(2)35-25(32)17-29-23-7-5-6-21(30-23)22(31-37(33,34)24-8-3-4-13-27-24)16-19-9-11-20(12-10-19)26-28-14-15-36-26/h3-15,18,22,31H,16-17H2,1-2H3,(H,29,30). The number of sulfonamides is 1. The molecule has 4 aromatic rings. The fourth-order valence-corrected chi connectivity index (χ4v) is 5.36. The van der Waals surface area contributed by atoms with Crippen molar-refractivity contribution in [2.75, 3.05) is 11.9 Å². The Bertz CT molecular complexity index is 1410. The van der Waals surface area contributed by atoms with Crippen molar-refractivity contribution in [3.8, 4) is 10.6 Å². The zero-order valence-electron chi connectivity index (χ0n) is 20.4. The molecule has 2 N–H and O–H groups in total. The van der Waals surface area contributed by atoms with Crippen LogP contribution in [0.15, 0.2) is 83.5 Å². The molecule has 0 aliphatic rings. The molecule has 3 heterocycles. The van der Waals surface area contributed by atoms with Crippen molar-refractivity contribution in [2.45, 2.75) is 37.4 Å². The van der Waals surface area contributed by atoms with Crippen molar-refractivity contribution >= 4 is 33.1 Å². The lowest BCUT2D eigenvalue weighted by Crippen LogP contribution is -2.31. The van der Waals surface area contributed by atoms with E-state index in [1.165, 1.54) is 12.3 Å². The molecular weight excluding hydrogens is 510 g/mol. The van der Waals surface area contributed by atoms with Gasteiger partial charge in [0.2, 0.25) is 0 Å². The number of carbonyl (C=O) groups excluding carboxylic acids is 1. The third-order valence-corrected chi connectivity index (χ3v) is 7.40. The summed E-state index contributed by atoms with van der Waals surface area (Å²) in [5.41, 5.74) is 2.39. The summed E-state index contributed by atoms with van der Waals surface area (Å²) in [5.74, 6) is 0.0225. The van der Waals surface area contributed by atoms with Crippen LogP contribution in [0.4, 0.5) is 5.82 Å². The molecule has 37 heavy (non-hydrogen) atoms. The van der Waals surface area contributed by atoms with E-state index in [1.54, 1.807) is 61.7 Å². The highest BCUT2D eigenvalue weighted by Crippen LogP contribution is 2.25. The lowest BCUT2D eigenvalue weighted by molar-refractivity contribution is -0.145. The summed E-state index contributed by atoms with van der Waals surface area (Å²) < 4.78 is 34.2. The van der Waals surface area contributed by atoms with Gasteiger partial charge in [-0.15, -0.1) is 11.3 Å². The number of pyridine rings is 2. The van der Waals surface area contributed by atoms with E-state index in [1.807, 2.05) is 29.6 Å². The van der Waals surface area contributed by atoms with Gasteiger partial charge < -0.3 is 10.1 Å². The van der Waals surface area contributed by atoms with Crippen LogP contribution in [-0.2, 0) is 26.0 Å². The Hall–Kier alpha value is -3.67. The molecule has 1 atom stereocenters. The molecule has 0 saturated carbocycles. The molecule has 1 unspecified atom stereocenters. The molecule has 0 bridgehead atoms. The lowest BCUT2D eigenvalue weighted by atomic mass is 10.0. The number of hydrogen-bond donors (Lipinski definition) is 2. The topological polar surface area (TPSA) is 123 Å². The van der Waals surface area contributed by atoms with Crippen LogP contribution in [0.5, 0.6) is 0 Å². The third-order valence-electron chi connectivity index (χ3n) is 5.19. The van der Waals surface area contributed by atoms with Gasteiger partial charge in [0.05, 0.1) is 17.8 Å². The van der Waals surface area contributed by atoms with Gasteiger partial charge >= 0.3 is 5.97 Å². The summed E-state index contributed by atoms with van der Waals surface area (Å²) in [6, 6.07) is 17.0. The van der Waals surface area contributed by atoms with Gasteiger partial charge in [0.25, 0.3) is 10.0 Å². The second-order valence-corrected chi connectivity index (χ2v) is 11.0. The number of ether oxygens (including phenoxy) is 1. The minimum absolute atomic E-state index is 0.0584. The number of thiazole rings is 1. The van der Waals surface area contributed by atoms with Gasteiger partial charge in [-0.3, -0.25) is 4.79 Å². The lowest BCUT2D eigenvalue weighted by Gasteiger charge is -2.19. The number of anilines is 1. The quantitative estimate of drug-likeness (QED) is 0.273. The summed E-state index contributed by atoms with van der Waals surface area (Å²) in [6.07, 6.45) is 3.31. The molecular formula is C26H27N5O4S2. The second-order valence-electron chi connectivity index (χ2n) is 8.42. The van der Waals surface area contributed by atoms with Gasteiger partial charge in [0, 0.05) is 23.3 Å². The zero-order valence-corrected chi connectivity index (χ0v) is 22.0. The Morgan fingerprint density at radius 3 is 2.49 bits per heavy atom. The summed E-state index contributed by atoms with van der Waals surface area (Å²) in [7, 11) is -3.93. The molecule has 0 aliphatic carbocycles. The van der Waals surface area contributed by atoms with Gasteiger partial charge in [0.15, 0.2) is 5.03 Å². The maximum absolute atomic E-state index is 13.1. The summed E-state index contributed by atoms with van der Waals surface area (Å²) in [5, 5.41) is 5.70. The molecule has 0 amide bonds. The number of aromatic nitrogens is 3. The van der Waals surface area contributed by atoms with E-state index in [9.17, 15) is 13.2 Å². The predicted molar refractivity (Wildman–Crippen MR) is 143 cm³/mol. The van der Waals surface area contributed by atoms with Crippen molar-refractivity contribution in [3.05, 3.63) is 89.7 Å². The van der Waals surface area contributed by atoms with E-state index in [0.717, 1.165) is 16.1 Å². The van der Waals surface area contributed by atoms with E-state index in [0.29, 0.717) is 17.9 Å². The first-order valence-electron chi connectivity index (χ1n) is 11.6. The number of hydrogen-bond acceptors (Lipinski definition) is 9. The normalized spacial score (nSPS) is 12.3. The Kier molecular flexibility index (Phi) is 8.59. The average Bonchev–Trinajstić information content (AvgIpc) is 3.43. The van der Waals surface area contributed by atoms with Crippen LogP contribution in [0.2, 0.25) is 0 Å². The molecule has 9 nitrogen and oxygen atoms in total. The minimum atomic E-state index is -3.93. The summed E-state index contributed by atoms with van der Waals surface area (Å²) in [6.45, 7) is 3.49. The first-order valence-corrected chi connectivity index (χ1v) is 14.0. The summed E-state index contributed by atoms with van der Waals surface area (Å²) >= 11 is 1.55. The molecule has 0 spiro atoms. The molecule has 3 aromatic heterocycles. The largest absolute Gasteiger partial charge is 0.462 e. The van der Waals surface area contributed by atoms with Gasteiger partial charge in [0.1, 0.15) is 17.4 Å². The Morgan fingerprint density at radius 1 is 1.00 bits per heavy atom. The van der Waals surface area contributed by atoms with E-state index in [4.69, 9.17) is 4.74 Å². The predicted octanol–water partition coefficient (Wildman–Crippen LogP) is 4.23. The van der Waals surface area contributed by atoms with E-state index < -0.39 is 22.0 Å². The third kappa shape index (κ3) is 7.42. The second kappa shape index (κ2) is 12.0. The highest BCUT2D eigenvalue weighted by atomic mass is 32.2. The van der Waals surface area contributed by atoms with E-state index in [-0.39, 0.29) is 17.7 Å². The van der Waals surface area contributed by atoms with Crippen LogP contribution < -0.4 is 10.0 Å². The van der Waals surface area contributed by atoms with Gasteiger partial charge in [-0.25, -0.2) is 28.1 Å². The molecule has 11 heteroatoms. The summed E-state index contributed by atoms with van der Waals surface area (Å²) in [4.78, 5) is 24.8. The number of rotatable bonds is 11. The average molecular weight is 538 g/mol.